The Balaban J connectivity index is 2.02. The summed E-state index contributed by atoms with van der Waals surface area (Å²) in [6.45, 7) is 4.07. The second-order valence-electron chi connectivity index (χ2n) is 4.69. The summed E-state index contributed by atoms with van der Waals surface area (Å²) in [5, 5.41) is 6.30. The van der Waals surface area contributed by atoms with Gasteiger partial charge in [-0.2, -0.15) is 0 Å². The molecule has 0 amide bonds. The first kappa shape index (κ1) is 15.2. The van der Waals surface area contributed by atoms with Gasteiger partial charge in [-0.3, -0.25) is 0 Å². The fraction of sp³-hybridized carbons (Fsp3) is 0.333. The van der Waals surface area contributed by atoms with Crippen LogP contribution < -0.4 is 14.8 Å². The van der Waals surface area contributed by atoms with Crippen LogP contribution >= 0.6 is 38.9 Å². The molecule has 112 valence electrons. The van der Waals surface area contributed by atoms with E-state index in [-0.39, 0.29) is 6.04 Å². The second kappa shape index (κ2) is 6.57. The lowest BCUT2D eigenvalue weighted by atomic mass is 10.0. The molecule has 2 aromatic rings. The molecule has 0 radical (unpaired) electrons. The van der Waals surface area contributed by atoms with E-state index in [1.165, 1.54) is 5.56 Å². The number of hydrogen-bond donors (Lipinski definition) is 1. The van der Waals surface area contributed by atoms with Gasteiger partial charge in [-0.25, -0.2) is 0 Å². The lowest BCUT2D eigenvalue weighted by molar-refractivity contribution is 0.171. The summed E-state index contributed by atoms with van der Waals surface area (Å²) in [5.41, 5.74) is 2.19. The van der Waals surface area contributed by atoms with Crippen molar-refractivity contribution >= 4 is 38.9 Å². The molecular formula is C15H15BrClNO2S. The summed E-state index contributed by atoms with van der Waals surface area (Å²) >= 11 is 11.6. The summed E-state index contributed by atoms with van der Waals surface area (Å²) in [4.78, 5) is 0. The summed E-state index contributed by atoms with van der Waals surface area (Å²) < 4.78 is 12.3. The molecule has 1 unspecified atom stereocenters. The molecule has 6 heteroatoms. The normalized spacial score (nSPS) is 15.0. The Labute approximate surface area is 141 Å². The minimum Gasteiger partial charge on any atom is -0.486 e. The number of nitrogens with one attached hydrogen (secondary N) is 1. The molecule has 1 aromatic heterocycles. The fourth-order valence-corrected chi connectivity index (χ4v) is 3.85. The van der Waals surface area contributed by atoms with Crippen molar-refractivity contribution in [2.24, 2.45) is 0 Å². The molecule has 0 bridgehead atoms. The number of benzene rings is 1. The molecule has 0 aliphatic carbocycles. The Morgan fingerprint density at radius 3 is 2.62 bits per heavy atom. The maximum Gasteiger partial charge on any atom is 0.162 e. The molecule has 1 aliphatic rings. The number of hydrogen-bond acceptors (Lipinski definition) is 4. The van der Waals surface area contributed by atoms with Gasteiger partial charge in [0.1, 0.15) is 13.2 Å². The predicted octanol–water partition coefficient (Wildman–Crippen LogP) is 4.63. The van der Waals surface area contributed by atoms with Crippen LogP contribution in [0.25, 0.3) is 0 Å². The first-order valence-electron chi connectivity index (χ1n) is 6.75. The van der Waals surface area contributed by atoms with Crippen LogP contribution in [0.3, 0.4) is 0 Å². The Bertz CT molecular complexity index is 647. The van der Waals surface area contributed by atoms with Crippen LogP contribution in [-0.2, 0) is 0 Å². The maximum absolute atomic E-state index is 6.46. The molecule has 0 saturated heterocycles. The van der Waals surface area contributed by atoms with Crippen molar-refractivity contribution in [2.45, 2.75) is 13.0 Å². The van der Waals surface area contributed by atoms with Gasteiger partial charge in [0.05, 0.1) is 9.83 Å². The van der Waals surface area contributed by atoms with Crippen molar-refractivity contribution in [2.75, 3.05) is 19.8 Å². The van der Waals surface area contributed by atoms with E-state index in [2.05, 4.69) is 39.6 Å². The molecule has 0 saturated carbocycles. The minimum absolute atomic E-state index is 0.0425. The number of thiophene rings is 1. The molecule has 1 atom stereocenters. The lowest BCUT2D eigenvalue weighted by Gasteiger charge is -2.23. The molecule has 1 N–H and O–H groups in total. The van der Waals surface area contributed by atoms with Crippen LogP contribution in [0.15, 0.2) is 27.4 Å². The number of halogens is 2. The summed E-state index contributed by atoms with van der Waals surface area (Å²) in [7, 11) is 0. The molecule has 2 heterocycles. The highest BCUT2D eigenvalue weighted by molar-refractivity contribution is 9.11. The zero-order valence-corrected chi connectivity index (χ0v) is 14.6. The average Bonchev–Trinajstić information content (AvgIpc) is 2.91. The second-order valence-corrected chi connectivity index (χ2v) is 7.39. The van der Waals surface area contributed by atoms with Crippen LogP contribution in [0.2, 0.25) is 5.02 Å². The zero-order valence-electron chi connectivity index (χ0n) is 11.5. The average molecular weight is 389 g/mol. The van der Waals surface area contributed by atoms with Gasteiger partial charge in [0.15, 0.2) is 11.5 Å². The SMILES string of the molecule is CCNC(c1csc(Br)c1)c1cc2c(cc1Cl)OCCO2. The smallest absolute Gasteiger partial charge is 0.162 e. The maximum atomic E-state index is 6.46. The number of ether oxygens (including phenoxy) is 2. The summed E-state index contributed by atoms with van der Waals surface area (Å²) in [6.07, 6.45) is 0. The standard InChI is InChI=1S/C15H15BrClNO2S/c1-2-18-15(9-5-14(16)21-8-9)10-6-12-13(7-11(10)17)20-4-3-19-12/h5-8,15,18H,2-4H2,1H3. The predicted molar refractivity (Wildman–Crippen MR) is 90.0 cm³/mol. The Morgan fingerprint density at radius 2 is 2.00 bits per heavy atom. The molecule has 0 fully saturated rings. The van der Waals surface area contributed by atoms with E-state index < -0.39 is 0 Å². The highest BCUT2D eigenvalue weighted by Gasteiger charge is 2.22. The topological polar surface area (TPSA) is 30.5 Å². The third-order valence-corrected chi connectivity index (χ3v) is 5.15. The highest BCUT2D eigenvalue weighted by Crippen LogP contribution is 2.40. The largest absolute Gasteiger partial charge is 0.486 e. The molecule has 1 aliphatic heterocycles. The molecule has 3 rings (SSSR count). The van der Waals surface area contributed by atoms with E-state index in [4.69, 9.17) is 21.1 Å². The molecular weight excluding hydrogens is 374 g/mol. The van der Waals surface area contributed by atoms with Crippen molar-refractivity contribution in [3.05, 3.63) is 43.5 Å². The first-order valence-corrected chi connectivity index (χ1v) is 8.80. The van der Waals surface area contributed by atoms with Crippen LogP contribution in [0.1, 0.15) is 24.1 Å². The van der Waals surface area contributed by atoms with Gasteiger partial charge < -0.3 is 14.8 Å². The quantitative estimate of drug-likeness (QED) is 0.828. The van der Waals surface area contributed by atoms with Gasteiger partial charge in [-0.1, -0.05) is 18.5 Å². The minimum atomic E-state index is 0.0425. The van der Waals surface area contributed by atoms with Crippen molar-refractivity contribution in [3.8, 4) is 11.5 Å². The van der Waals surface area contributed by atoms with Gasteiger partial charge in [-0.15, -0.1) is 11.3 Å². The van der Waals surface area contributed by atoms with Crippen molar-refractivity contribution in [1.29, 1.82) is 0 Å². The molecule has 21 heavy (non-hydrogen) atoms. The van der Waals surface area contributed by atoms with Gasteiger partial charge in [0.25, 0.3) is 0 Å². The number of rotatable bonds is 4. The van der Waals surface area contributed by atoms with Crippen LogP contribution in [0.4, 0.5) is 0 Å². The monoisotopic (exact) mass is 387 g/mol. The van der Waals surface area contributed by atoms with E-state index in [9.17, 15) is 0 Å². The van der Waals surface area contributed by atoms with E-state index in [0.29, 0.717) is 18.2 Å². The molecule has 1 aromatic carbocycles. The summed E-state index contributed by atoms with van der Waals surface area (Å²) in [6, 6.07) is 5.98. The Morgan fingerprint density at radius 1 is 1.29 bits per heavy atom. The van der Waals surface area contributed by atoms with Gasteiger partial charge in [0, 0.05) is 11.1 Å². The summed E-state index contributed by atoms with van der Waals surface area (Å²) in [5.74, 6) is 1.48. The zero-order chi connectivity index (χ0) is 14.8. The van der Waals surface area contributed by atoms with Crippen LogP contribution in [0, 0.1) is 0 Å². The fourth-order valence-electron chi connectivity index (χ4n) is 2.39. The third kappa shape index (κ3) is 3.21. The van der Waals surface area contributed by atoms with Crippen LogP contribution in [0.5, 0.6) is 11.5 Å². The molecule has 3 nitrogen and oxygen atoms in total. The van der Waals surface area contributed by atoms with Crippen LogP contribution in [-0.4, -0.2) is 19.8 Å². The van der Waals surface area contributed by atoms with Gasteiger partial charge in [0.2, 0.25) is 0 Å². The molecule has 0 spiro atoms. The number of fused-ring (bicyclic) bond motifs is 1. The van der Waals surface area contributed by atoms with E-state index in [1.54, 1.807) is 11.3 Å². The van der Waals surface area contributed by atoms with Gasteiger partial charge >= 0.3 is 0 Å². The highest BCUT2D eigenvalue weighted by atomic mass is 79.9. The Kier molecular flexibility index (Phi) is 4.74. The van der Waals surface area contributed by atoms with E-state index >= 15 is 0 Å². The third-order valence-electron chi connectivity index (χ3n) is 3.30. The Hall–Kier alpha value is -0.750. The van der Waals surface area contributed by atoms with E-state index in [1.807, 2.05) is 12.1 Å². The van der Waals surface area contributed by atoms with Crippen molar-refractivity contribution in [1.82, 2.24) is 5.32 Å². The van der Waals surface area contributed by atoms with Gasteiger partial charge in [-0.05, 0) is 51.1 Å². The lowest BCUT2D eigenvalue weighted by Crippen LogP contribution is -2.22. The van der Waals surface area contributed by atoms with Crippen molar-refractivity contribution in [3.63, 3.8) is 0 Å². The van der Waals surface area contributed by atoms with Crippen molar-refractivity contribution < 1.29 is 9.47 Å². The first-order chi connectivity index (χ1) is 10.2. The van der Waals surface area contributed by atoms with E-state index in [0.717, 1.165) is 27.4 Å².